The van der Waals surface area contributed by atoms with Gasteiger partial charge >= 0.3 is 0 Å². The molecule has 0 aromatic heterocycles. The first-order valence-electron chi connectivity index (χ1n) is 5.06. The summed E-state index contributed by atoms with van der Waals surface area (Å²) in [4.78, 5) is 0. The van der Waals surface area contributed by atoms with Gasteiger partial charge in [0.2, 0.25) is 0 Å². The van der Waals surface area contributed by atoms with E-state index in [0.29, 0.717) is 5.41 Å². The highest BCUT2D eigenvalue weighted by molar-refractivity contribution is 4.78. The first-order chi connectivity index (χ1) is 5.27. The quantitative estimate of drug-likeness (QED) is 0.575. The highest BCUT2D eigenvalue weighted by Gasteiger charge is 2.25. The van der Waals surface area contributed by atoms with Crippen LogP contribution in [0.5, 0.6) is 0 Å². The Labute approximate surface area is 71.4 Å². The summed E-state index contributed by atoms with van der Waals surface area (Å²) in [6.45, 7) is 6.36. The van der Waals surface area contributed by atoms with Gasteiger partial charge in [-0.25, -0.2) is 0 Å². The van der Waals surface area contributed by atoms with Crippen molar-refractivity contribution in [3.8, 4) is 0 Å². The fraction of sp³-hybridized carbons (Fsp3) is 0.909. The summed E-state index contributed by atoms with van der Waals surface area (Å²) >= 11 is 0. The molecule has 65 valence electrons. The average Bonchev–Trinajstić information content (AvgIpc) is 2.03. The van der Waals surface area contributed by atoms with Crippen molar-refractivity contribution in [1.82, 2.24) is 0 Å². The summed E-state index contributed by atoms with van der Waals surface area (Å²) in [6, 6.07) is 0. The second kappa shape index (κ2) is 4.13. The molecule has 0 heteroatoms. The Kier molecular flexibility index (Phi) is 3.42. The lowest BCUT2D eigenvalue weighted by atomic mass is 9.73. The van der Waals surface area contributed by atoms with Gasteiger partial charge in [0.15, 0.2) is 0 Å². The highest BCUT2D eigenvalue weighted by atomic mass is 14.3. The zero-order valence-corrected chi connectivity index (χ0v) is 7.86. The molecule has 0 atom stereocenters. The Morgan fingerprint density at radius 2 is 1.82 bits per heavy atom. The molecule has 0 heterocycles. The molecule has 0 bridgehead atoms. The van der Waals surface area contributed by atoms with E-state index in [1.165, 1.54) is 44.9 Å². The number of hydrogen-bond acceptors (Lipinski definition) is 0. The lowest BCUT2D eigenvalue weighted by molar-refractivity contribution is 0.195. The van der Waals surface area contributed by atoms with Gasteiger partial charge in [-0.2, -0.15) is 0 Å². The molecule has 11 heavy (non-hydrogen) atoms. The molecule has 0 N–H and O–H groups in total. The molecule has 1 radical (unpaired) electrons. The van der Waals surface area contributed by atoms with Gasteiger partial charge in [-0.05, 0) is 24.7 Å². The van der Waals surface area contributed by atoms with Gasteiger partial charge in [-0.1, -0.05) is 46.0 Å². The van der Waals surface area contributed by atoms with E-state index >= 15 is 0 Å². The van der Waals surface area contributed by atoms with Gasteiger partial charge < -0.3 is 0 Å². The SMILES string of the molecule is [CH2]CCCC1(C)CCCCC1. The van der Waals surface area contributed by atoms with Crippen LogP contribution >= 0.6 is 0 Å². The Bertz CT molecular complexity index is 98.6. The molecule has 0 unspecified atom stereocenters. The van der Waals surface area contributed by atoms with Gasteiger partial charge in [-0.3, -0.25) is 0 Å². The van der Waals surface area contributed by atoms with Crippen LogP contribution in [0.25, 0.3) is 0 Å². The monoisotopic (exact) mass is 153 g/mol. The van der Waals surface area contributed by atoms with Crippen LogP contribution in [-0.2, 0) is 0 Å². The average molecular weight is 153 g/mol. The van der Waals surface area contributed by atoms with Gasteiger partial charge in [0.1, 0.15) is 0 Å². The van der Waals surface area contributed by atoms with Crippen LogP contribution in [0.1, 0.15) is 58.3 Å². The third-order valence-corrected chi connectivity index (χ3v) is 3.09. The lowest BCUT2D eigenvalue weighted by Crippen LogP contribution is -2.19. The molecular weight excluding hydrogens is 132 g/mol. The van der Waals surface area contributed by atoms with E-state index in [1.807, 2.05) is 0 Å². The molecule has 1 saturated carbocycles. The smallest absolute Gasteiger partial charge is 0.0326 e. The molecule has 1 aliphatic carbocycles. The van der Waals surface area contributed by atoms with E-state index in [-0.39, 0.29) is 0 Å². The van der Waals surface area contributed by atoms with Crippen molar-refractivity contribution in [2.24, 2.45) is 5.41 Å². The molecule has 0 aliphatic heterocycles. The minimum atomic E-state index is 0.690. The van der Waals surface area contributed by atoms with E-state index in [0.717, 1.165) is 6.42 Å². The minimum Gasteiger partial charge on any atom is -0.0596 e. The maximum Gasteiger partial charge on any atom is -0.0326 e. The summed E-state index contributed by atoms with van der Waals surface area (Å²) in [5.41, 5.74) is 0.690. The van der Waals surface area contributed by atoms with E-state index in [2.05, 4.69) is 13.8 Å². The predicted molar refractivity (Wildman–Crippen MR) is 50.4 cm³/mol. The third kappa shape index (κ3) is 2.84. The van der Waals surface area contributed by atoms with Crippen LogP contribution in [0, 0.1) is 12.3 Å². The van der Waals surface area contributed by atoms with E-state index in [4.69, 9.17) is 0 Å². The third-order valence-electron chi connectivity index (χ3n) is 3.09. The second-order valence-corrected chi connectivity index (χ2v) is 4.33. The zero-order chi connectivity index (χ0) is 8.16. The van der Waals surface area contributed by atoms with E-state index in [1.54, 1.807) is 0 Å². The van der Waals surface area contributed by atoms with Gasteiger partial charge in [0, 0.05) is 0 Å². The molecule has 0 aromatic rings. The fourth-order valence-electron chi connectivity index (χ4n) is 2.21. The Hall–Kier alpha value is 0. The zero-order valence-electron chi connectivity index (χ0n) is 7.86. The van der Waals surface area contributed by atoms with Crippen molar-refractivity contribution in [1.29, 1.82) is 0 Å². The first-order valence-corrected chi connectivity index (χ1v) is 5.06. The van der Waals surface area contributed by atoms with Crippen LogP contribution in [0.3, 0.4) is 0 Å². The first kappa shape index (κ1) is 9.09. The standard InChI is InChI=1S/C11H21/c1-3-4-8-11(2)9-6-5-7-10-11/h1,3-10H2,2H3. The molecule has 0 aromatic carbocycles. The molecule has 0 saturated heterocycles. The maximum absolute atomic E-state index is 3.90. The topological polar surface area (TPSA) is 0 Å². The van der Waals surface area contributed by atoms with E-state index < -0.39 is 0 Å². The molecule has 0 amide bonds. The summed E-state index contributed by atoms with van der Waals surface area (Å²) in [5, 5.41) is 0. The number of unbranched alkanes of at least 4 members (excludes halogenated alkanes) is 1. The molecule has 0 nitrogen and oxygen atoms in total. The van der Waals surface area contributed by atoms with Crippen LogP contribution in [0.2, 0.25) is 0 Å². The van der Waals surface area contributed by atoms with Crippen molar-refractivity contribution >= 4 is 0 Å². The van der Waals surface area contributed by atoms with Crippen LogP contribution in [-0.4, -0.2) is 0 Å². The minimum absolute atomic E-state index is 0.690. The maximum atomic E-state index is 3.90. The fourth-order valence-corrected chi connectivity index (χ4v) is 2.21. The molecular formula is C11H21. The molecule has 1 aliphatic rings. The van der Waals surface area contributed by atoms with Crippen LogP contribution in [0.4, 0.5) is 0 Å². The summed E-state index contributed by atoms with van der Waals surface area (Å²) < 4.78 is 0. The highest BCUT2D eigenvalue weighted by Crippen LogP contribution is 2.39. The van der Waals surface area contributed by atoms with Gasteiger partial charge in [-0.15, -0.1) is 0 Å². The van der Waals surface area contributed by atoms with Crippen LogP contribution < -0.4 is 0 Å². The molecule has 0 spiro atoms. The van der Waals surface area contributed by atoms with Crippen molar-refractivity contribution in [3.05, 3.63) is 6.92 Å². The lowest BCUT2D eigenvalue weighted by Gasteiger charge is -2.33. The molecule has 1 fully saturated rings. The van der Waals surface area contributed by atoms with Gasteiger partial charge in [0.25, 0.3) is 0 Å². The predicted octanol–water partition coefficient (Wildman–Crippen LogP) is 3.96. The van der Waals surface area contributed by atoms with Crippen molar-refractivity contribution in [2.45, 2.75) is 58.3 Å². The van der Waals surface area contributed by atoms with Crippen molar-refractivity contribution in [3.63, 3.8) is 0 Å². The van der Waals surface area contributed by atoms with E-state index in [9.17, 15) is 0 Å². The summed E-state index contributed by atoms with van der Waals surface area (Å²) in [5.74, 6) is 0. The molecule has 1 rings (SSSR count). The van der Waals surface area contributed by atoms with Crippen LogP contribution in [0.15, 0.2) is 0 Å². The van der Waals surface area contributed by atoms with Crippen molar-refractivity contribution in [2.75, 3.05) is 0 Å². The Balaban J connectivity index is 2.25. The Morgan fingerprint density at radius 1 is 1.18 bits per heavy atom. The normalized spacial score (nSPS) is 23.5. The number of rotatable bonds is 3. The Morgan fingerprint density at radius 3 is 2.36 bits per heavy atom. The van der Waals surface area contributed by atoms with Crippen molar-refractivity contribution < 1.29 is 0 Å². The van der Waals surface area contributed by atoms with Gasteiger partial charge in [0.05, 0.1) is 0 Å². The largest absolute Gasteiger partial charge is 0.0596 e. The summed E-state index contributed by atoms with van der Waals surface area (Å²) in [6.07, 6.45) is 11.2. The second-order valence-electron chi connectivity index (χ2n) is 4.33. The number of hydrogen-bond donors (Lipinski definition) is 0. The summed E-state index contributed by atoms with van der Waals surface area (Å²) in [7, 11) is 0.